The quantitative estimate of drug-likeness (QED) is 0.128. The third-order valence-corrected chi connectivity index (χ3v) is 8.43. The monoisotopic (exact) mass is 703 g/mol. The number of nitrogens with zero attached hydrogens (tertiary/aromatic N) is 5. The Morgan fingerprint density at radius 2 is 0.792 bits per heavy atom. The van der Waals surface area contributed by atoms with E-state index in [1.807, 2.05) is 128 Å². The fraction of sp³-hybridized carbons (Fsp3) is 0.119. The summed E-state index contributed by atoms with van der Waals surface area (Å²) in [5.41, 5.74) is 7.04. The van der Waals surface area contributed by atoms with Crippen molar-refractivity contribution >= 4 is 70.7 Å². The van der Waals surface area contributed by atoms with Gasteiger partial charge in [0, 0.05) is 22.3 Å². The Morgan fingerprint density at radius 3 is 1.15 bits per heavy atom. The first-order chi connectivity index (χ1) is 25.9. The highest BCUT2D eigenvalue weighted by Crippen LogP contribution is 2.33. The van der Waals surface area contributed by atoms with Crippen LogP contribution in [0.15, 0.2) is 72.8 Å². The van der Waals surface area contributed by atoms with E-state index in [4.69, 9.17) is 18.9 Å². The van der Waals surface area contributed by atoms with Gasteiger partial charge in [-0.3, -0.25) is 0 Å². The van der Waals surface area contributed by atoms with Crippen molar-refractivity contribution in [1.29, 1.82) is 0 Å². The zero-order chi connectivity index (χ0) is 36.7. The van der Waals surface area contributed by atoms with E-state index < -0.39 is 0 Å². The van der Waals surface area contributed by atoms with Gasteiger partial charge in [0.2, 0.25) is 0 Å². The van der Waals surface area contributed by atoms with E-state index in [0.29, 0.717) is 40.5 Å². The summed E-state index contributed by atoms with van der Waals surface area (Å²) >= 11 is 0. The smallest absolute Gasteiger partial charge is 0.156 e. The lowest BCUT2D eigenvalue weighted by Gasteiger charge is -2.11. The number of rotatable bonds is 12. The number of aryl methyl sites for hydroxylation is 1. The molecule has 0 fully saturated rings. The minimum Gasteiger partial charge on any atom is -0.496 e. The Bertz CT molecular complexity index is 2310. The average Bonchev–Trinajstić information content (AvgIpc) is 3.81. The van der Waals surface area contributed by atoms with Gasteiger partial charge in [-0.2, -0.15) is 0 Å². The second-order valence-electron chi connectivity index (χ2n) is 11.9. The van der Waals surface area contributed by atoms with Gasteiger partial charge in [-0.05, 0) is 104 Å². The van der Waals surface area contributed by atoms with Crippen LogP contribution in [-0.4, -0.2) is 63.3 Å². The van der Waals surface area contributed by atoms with E-state index in [1.165, 1.54) is 0 Å². The van der Waals surface area contributed by atoms with Crippen LogP contribution in [0.1, 0.15) is 51.4 Å². The van der Waals surface area contributed by atoms with Crippen molar-refractivity contribution in [1.82, 2.24) is 34.9 Å². The highest BCUT2D eigenvalue weighted by molar-refractivity contribution is 5.83. The first kappa shape index (κ1) is 34.4. The van der Waals surface area contributed by atoms with E-state index >= 15 is 0 Å². The number of ether oxygens (including phenoxy) is 4. The summed E-state index contributed by atoms with van der Waals surface area (Å²) < 4.78 is 23.0. The Morgan fingerprint density at radius 1 is 0.434 bits per heavy atom. The predicted molar refractivity (Wildman–Crippen MR) is 212 cm³/mol. The van der Waals surface area contributed by atoms with Crippen LogP contribution in [0.2, 0.25) is 0 Å². The normalized spacial score (nSPS) is 11.9. The number of fused-ring (bicyclic) bond motifs is 2. The number of hydrogen-bond donors (Lipinski definition) is 2. The number of hydrogen-bond acceptors (Lipinski definition) is 9. The molecule has 0 saturated heterocycles. The molecule has 0 unspecified atom stereocenters. The largest absolute Gasteiger partial charge is 0.496 e. The van der Waals surface area contributed by atoms with E-state index in [0.717, 1.165) is 56.0 Å². The van der Waals surface area contributed by atoms with Crippen LogP contribution < -0.4 is 18.9 Å². The Balaban J connectivity index is 1.11. The molecule has 0 amide bonds. The average molecular weight is 704 g/mol. The van der Waals surface area contributed by atoms with Crippen molar-refractivity contribution in [2.45, 2.75) is 6.92 Å². The van der Waals surface area contributed by atoms with Gasteiger partial charge in [-0.1, -0.05) is 24.3 Å². The lowest BCUT2D eigenvalue weighted by Crippen LogP contribution is -1.99. The molecule has 0 bridgehead atoms. The van der Waals surface area contributed by atoms with Crippen LogP contribution in [-0.2, 0) is 0 Å². The summed E-state index contributed by atoms with van der Waals surface area (Å²) in [6.07, 6.45) is 15.1. The standard InChI is InChI=1S/C42H37N7O4/c1-26-43-39(18-14-27-22-37(52-4)29(24-35(27)50-2)16-20-41-45-31-10-6-7-11-32(31)46-41)49-40(44-26)19-15-28-23-38(53-5)30(25-36(28)51-3)17-21-42-47-33-12-8-9-13-34(33)48-42/h6-25H,1-5H3,(H,45,46)(H,47,48)/b18-14+,19-15+,20-16+,21-17+. The van der Waals surface area contributed by atoms with Crippen LogP contribution in [0.5, 0.6) is 23.0 Å². The van der Waals surface area contributed by atoms with Gasteiger partial charge < -0.3 is 28.9 Å². The molecular formula is C42H37N7O4. The molecular weight excluding hydrogens is 667 g/mol. The Labute approximate surface area is 306 Å². The van der Waals surface area contributed by atoms with Crippen molar-refractivity contribution < 1.29 is 18.9 Å². The fourth-order valence-corrected chi connectivity index (χ4v) is 5.85. The second kappa shape index (κ2) is 15.5. The van der Waals surface area contributed by atoms with Gasteiger partial charge >= 0.3 is 0 Å². The maximum atomic E-state index is 5.75. The van der Waals surface area contributed by atoms with Gasteiger partial charge in [-0.25, -0.2) is 24.9 Å². The fourth-order valence-electron chi connectivity index (χ4n) is 5.85. The highest BCUT2D eigenvalue weighted by atomic mass is 16.5. The van der Waals surface area contributed by atoms with Crippen molar-refractivity contribution in [3.8, 4) is 23.0 Å². The van der Waals surface area contributed by atoms with Crippen molar-refractivity contribution in [2.24, 2.45) is 0 Å². The zero-order valence-corrected chi connectivity index (χ0v) is 29.9. The van der Waals surface area contributed by atoms with E-state index in [-0.39, 0.29) is 0 Å². The Kier molecular flexibility index (Phi) is 10.1. The number of aromatic amines is 2. The maximum Gasteiger partial charge on any atom is 0.156 e. The van der Waals surface area contributed by atoms with Crippen molar-refractivity contribution in [2.75, 3.05) is 28.4 Å². The minimum absolute atomic E-state index is 0.489. The molecule has 2 N–H and O–H groups in total. The molecule has 0 spiro atoms. The summed E-state index contributed by atoms with van der Waals surface area (Å²) in [7, 11) is 6.54. The van der Waals surface area contributed by atoms with Crippen molar-refractivity contribution in [3.05, 3.63) is 124 Å². The summed E-state index contributed by atoms with van der Waals surface area (Å²) in [4.78, 5) is 29.6. The molecule has 53 heavy (non-hydrogen) atoms. The summed E-state index contributed by atoms with van der Waals surface area (Å²) in [5.74, 6) is 5.71. The van der Waals surface area contributed by atoms with Gasteiger partial charge in [-0.15, -0.1) is 0 Å². The van der Waals surface area contributed by atoms with Gasteiger partial charge in [0.25, 0.3) is 0 Å². The maximum absolute atomic E-state index is 5.75. The third kappa shape index (κ3) is 7.84. The molecule has 0 aliphatic rings. The molecule has 7 rings (SSSR count). The van der Waals surface area contributed by atoms with Crippen LogP contribution in [0, 0.1) is 6.92 Å². The molecule has 3 heterocycles. The topological polar surface area (TPSA) is 133 Å². The summed E-state index contributed by atoms with van der Waals surface area (Å²) in [6.45, 7) is 1.83. The molecule has 11 heteroatoms. The lowest BCUT2D eigenvalue weighted by molar-refractivity contribution is 0.401. The number of nitrogens with one attached hydrogen (secondary N) is 2. The van der Waals surface area contributed by atoms with Gasteiger partial charge in [0.15, 0.2) is 11.6 Å². The molecule has 0 atom stereocenters. The number of methoxy groups -OCH3 is 4. The number of benzene rings is 4. The molecule has 7 aromatic rings. The first-order valence-electron chi connectivity index (χ1n) is 16.8. The number of aromatic nitrogens is 7. The van der Waals surface area contributed by atoms with Crippen LogP contribution in [0.25, 0.3) is 70.7 Å². The molecule has 0 aliphatic carbocycles. The van der Waals surface area contributed by atoms with Crippen LogP contribution in [0.4, 0.5) is 0 Å². The summed E-state index contributed by atoms with van der Waals surface area (Å²) in [6, 6.07) is 23.5. The van der Waals surface area contributed by atoms with Crippen LogP contribution in [0.3, 0.4) is 0 Å². The van der Waals surface area contributed by atoms with Gasteiger partial charge in [0.1, 0.15) is 40.5 Å². The lowest BCUT2D eigenvalue weighted by atomic mass is 10.1. The molecule has 3 aromatic heterocycles. The Hall–Kier alpha value is -7.01. The van der Waals surface area contributed by atoms with Crippen molar-refractivity contribution in [3.63, 3.8) is 0 Å². The van der Waals surface area contributed by atoms with Gasteiger partial charge in [0.05, 0.1) is 50.5 Å². The SMILES string of the molecule is COc1cc(/C=C/c2nc3ccccc3[nH]2)c(OC)cc1/C=C/c1nc(C)nc(/C=C/c2cc(OC)c(/C=C/c3nc4ccccc4[nH]3)cc2OC)n1. The molecule has 0 aliphatic heterocycles. The zero-order valence-electron chi connectivity index (χ0n) is 29.9. The first-order valence-corrected chi connectivity index (χ1v) is 16.8. The molecule has 11 nitrogen and oxygen atoms in total. The van der Waals surface area contributed by atoms with E-state index in [1.54, 1.807) is 28.4 Å². The molecule has 4 aromatic carbocycles. The van der Waals surface area contributed by atoms with E-state index in [9.17, 15) is 0 Å². The molecule has 0 saturated carbocycles. The molecule has 0 radical (unpaired) electrons. The predicted octanol–water partition coefficient (Wildman–Crippen LogP) is 8.65. The van der Waals surface area contributed by atoms with E-state index in [2.05, 4.69) is 34.9 Å². The summed E-state index contributed by atoms with van der Waals surface area (Å²) in [5, 5.41) is 0. The highest BCUT2D eigenvalue weighted by Gasteiger charge is 2.11. The number of para-hydroxylation sites is 4. The second-order valence-corrected chi connectivity index (χ2v) is 11.9. The third-order valence-electron chi connectivity index (χ3n) is 8.43. The molecule has 264 valence electrons. The number of imidazole rings is 2. The number of H-pyrrole nitrogens is 2. The van der Waals surface area contributed by atoms with Crippen LogP contribution >= 0.6 is 0 Å². The minimum atomic E-state index is 0.489.